The van der Waals surface area contributed by atoms with Gasteiger partial charge in [0.1, 0.15) is 12.4 Å². The topological polar surface area (TPSA) is 64.6 Å². The maximum absolute atomic E-state index is 11.7. The van der Waals surface area contributed by atoms with Gasteiger partial charge in [-0.05, 0) is 30.2 Å². The molecule has 0 aliphatic heterocycles. The summed E-state index contributed by atoms with van der Waals surface area (Å²) < 4.78 is 10.0. The molecular formula is C19H19NO4. The van der Waals surface area contributed by atoms with E-state index in [1.807, 2.05) is 42.5 Å². The molecule has 2 rings (SSSR count). The van der Waals surface area contributed by atoms with E-state index in [4.69, 9.17) is 9.47 Å². The highest BCUT2D eigenvalue weighted by atomic mass is 16.6. The van der Waals surface area contributed by atoms with Crippen LogP contribution in [0.2, 0.25) is 0 Å². The number of ether oxygens (including phenoxy) is 2. The second kappa shape index (κ2) is 8.53. The third kappa shape index (κ3) is 5.28. The van der Waals surface area contributed by atoms with Crippen LogP contribution in [-0.4, -0.2) is 25.2 Å². The first-order valence-corrected chi connectivity index (χ1v) is 7.50. The van der Waals surface area contributed by atoms with E-state index in [1.54, 1.807) is 19.1 Å². The molecule has 0 radical (unpaired) electrons. The molecule has 0 unspecified atom stereocenters. The van der Waals surface area contributed by atoms with Crippen LogP contribution >= 0.6 is 0 Å². The maximum atomic E-state index is 11.7. The van der Waals surface area contributed by atoms with Crippen molar-refractivity contribution in [2.45, 2.75) is 6.92 Å². The standard InChI is InChI=1S/C19H19NO4/c1-14(2)18(21)23-13-12-20-19(22)24-17-10-8-16(9-11-17)15-6-4-3-5-7-15/h3-11H,1,12-13H2,2H3,(H,20,22). The number of carbonyl (C=O) groups excluding carboxylic acids is 2. The lowest BCUT2D eigenvalue weighted by molar-refractivity contribution is -0.138. The summed E-state index contributed by atoms with van der Waals surface area (Å²) in [6.45, 7) is 5.26. The summed E-state index contributed by atoms with van der Waals surface area (Å²) >= 11 is 0. The summed E-state index contributed by atoms with van der Waals surface area (Å²) in [6.07, 6.45) is -0.603. The third-order valence-corrected chi connectivity index (χ3v) is 3.13. The summed E-state index contributed by atoms with van der Waals surface area (Å²) in [7, 11) is 0. The van der Waals surface area contributed by atoms with E-state index >= 15 is 0 Å². The number of rotatable bonds is 6. The van der Waals surface area contributed by atoms with Crippen molar-refractivity contribution in [3.63, 3.8) is 0 Å². The second-order valence-corrected chi connectivity index (χ2v) is 5.12. The van der Waals surface area contributed by atoms with Crippen molar-refractivity contribution >= 4 is 12.1 Å². The minimum absolute atomic E-state index is 0.0632. The molecule has 24 heavy (non-hydrogen) atoms. The van der Waals surface area contributed by atoms with Crippen molar-refractivity contribution in [1.29, 1.82) is 0 Å². The fraction of sp³-hybridized carbons (Fsp3) is 0.158. The Morgan fingerprint density at radius 1 is 1.00 bits per heavy atom. The van der Waals surface area contributed by atoms with Crippen LogP contribution in [-0.2, 0) is 9.53 Å². The SMILES string of the molecule is C=C(C)C(=O)OCCNC(=O)Oc1ccc(-c2ccccc2)cc1. The average molecular weight is 325 g/mol. The molecule has 124 valence electrons. The molecule has 2 aromatic carbocycles. The molecule has 0 spiro atoms. The molecule has 1 N–H and O–H groups in total. The molecule has 1 amide bonds. The highest BCUT2D eigenvalue weighted by Crippen LogP contribution is 2.21. The zero-order valence-electron chi connectivity index (χ0n) is 13.5. The zero-order valence-corrected chi connectivity index (χ0v) is 13.5. The molecule has 0 atom stereocenters. The smallest absolute Gasteiger partial charge is 0.412 e. The number of nitrogens with one attached hydrogen (secondary N) is 1. The molecule has 5 heteroatoms. The van der Waals surface area contributed by atoms with Gasteiger partial charge in [-0.1, -0.05) is 49.0 Å². The number of hydrogen-bond acceptors (Lipinski definition) is 4. The zero-order chi connectivity index (χ0) is 17.4. The van der Waals surface area contributed by atoms with Gasteiger partial charge in [-0.15, -0.1) is 0 Å². The second-order valence-electron chi connectivity index (χ2n) is 5.12. The van der Waals surface area contributed by atoms with Crippen molar-refractivity contribution in [3.05, 3.63) is 66.7 Å². The lowest BCUT2D eigenvalue weighted by Gasteiger charge is -2.08. The maximum Gasteiger partial charge on any atom is 0.412 e. The number of esters is 1. The van der Waals surface area contributed by atoms with E-state index in [9.17, 15) is 9.59 Å². The first-order valence-electron chi connectivity index (χ1n) is 7.50. The van der Waals surface area contributed by atoms with Gasteiger partial charge < -0.3 is 14.8 Å². The van der Waals surface area contributed by atoms with Gasteiger partial charge >= 0.3 is 12.1 Å². The fourth-order valence-corrected chi connectivity index (χ4v) is 1.91. The van der Waals surface area contributed by atoms with Gasteiger partial charge in [0, 0.05) is 5.57 Å². The largest absolute Gasteiger partial charge is 0.460 e. The Labute approximate surface area is 140 Å². The molecular weight excluding hydrogens is 306 g/mol. The van der Waals surface area contributed by atoms with Crippen molar-refractivity contribution < 1.29 is 19.1 Å². The fourth-order valence-electron chi connectivity index (χ4n) is 1.91. The summed E-state index contributed by atoms with van der Waals surface area (Å²) in [5.41, 5.74) is 2.44. The predicted molar refractivity (Wildman–Crippen MR) is 91.7 cm³/mol. The van der Waals surface area contributed by atoms with E-state index in [0.717, 1.165) is 11.1 Å². The number of benzene rings is 2. The number of hydrogen-bond donors (Lipinski definition) is 1. The van der Waals surface area contributed by atoms with Crippen LogP contribution in [0, 0.1) is 0 Å². The van der Waals surface area contributed by atoms with E-state index in [0.29, 0.717) is 11.3 Å². The third-order valence-electron chi connectivity index (χ3n) is 3.13. The van der Waals surface area contributed by atoms with Crippen LogP contribution < -0.4 is 10.1 Å². The van der Waals surface area contributed by atoms with Crippen molar-refractivity contribution in [2.75, 3.05) is 13.2 Å². The van der Waals surface area contributed by atoms with E-state index < -0.39 is 12.1 Å². The Bertz CT molecular complexity index is 708. The van der Waals surface area contributed by atoms with Crippen LogP contribution in [0.4, 0.5) is 4.79 Å². The molecule has 0 heterocycles. The van der Waals surface area contributed by atoms with Gasteiger partial charge in [-0.25, -0.2) is 9.59 Å². The average Bonchev–Trinajstić information content (AvgIpc) is 2.60. The summed E-state index contributed by atoms with van der Waals surface area (Å²) in [5.74, 6) is -0.0484. The molecule has 5 nitrogen and oxygen atoms in total. The summed E-state index contributed by atoms with van der Waals surface area (Å²) in [4.78, 5) is 22.8. The normalized spacial score (nSPS) is 9.88. The van der Waals surface area contributed by atoms with E-state index in [-0.39, 0.29) is 13.2 Å². The molecule has 0 bridgehead atoms. The Kier molecular flexibility index (Phi) is 6.14. The van der Waals surface area contributed by atoms with Crippen LogP contribution in [0.25, 0.3) is 11.1 Å². The first-order chi connectivity index (χ1) is 11.6. The highest BCUT2D eigenvalue weighted by molar-refractivity contribution is 5.86. The Balaban J connectivity index is 1.78. The van der Waals surface area contributed by atoms with Crippen LogP contribution in [0.5, 0.6) is 5.75 Å². The molecule has 0 aliphatic carbocycles. The lowest BCUT2D eigenvalue weighted by atomic mass is 10.1. The van der Waals surface area contributed by atoms with E-state index in [1.165, 1.54) is 0 Å². The van der Waals surface area contributed by atoms with Crippen molar-refractivity contribution in [1.82, 2.24) is 5.32 Å². The summed E-state index contributed by atoms with van der Waals surface area (Å²) in [5, 5.41) is 2.50. The van der Waals surface area contributed by atoms with Gasteiger partial charge in [0.2, 0.25) is 0 Å². The van der Waals surface area contributed by atoms with Gasteiger partial charge in [-0.3, -0.25) is 0 Å². The van der Waals surface area contributed by atoms with Crippen molar-refractivity contribution in [2.24, 2.45) is 0 Å². The van der Waals surface area contributed by atoms with Gasteiger partial charge in [-0.2, -0.15) is 0 Å². The van der Waals surface area contributed by atoms with Crippen LogP contribution in [0.3, 0.4) is 0 Å². The van der Waals surface area contributed by atoms with Gasteiger partial charge in [0.25, 0.3) is 0 Å². The van der Waals surface area contributed by atoms with Gasteiger partial charge in [0.15, 0.2) is 0 Å². The van der Waals surface area contributed by atoms with Gasteiger partial charge in [0.05, 0.1) is 6.54 Å². The molecule has 0 saturated carbocycles. The molecule has 0 aliphatic rings. The monoisotopic (exact) mass is 325 g/mol. The molecule has 2 aromatic rings. The Morgan fingerprint density at radius 2 is 1.62 bits per heavy atom. The Morgan fingerprint density at radius 3 is 2.25 bits per heavy atom. The molecule has 0 aromatic heterocycles. The molecule has 0 fully saturated rings. The minimum atomic E-state index is -0.603. The molecule has 0 saturated heterocycles. The summed E-state index contributed by atoms with van der Waals surface area (Å²) in [6, 6.07) is 17.1. The first kappa shape index (κ1) is 17.3. The minimum Gasteiger partial charge on any atom is -0.460 e. The Hall–Kier alpha value is -3.08. The van der Waals surface area contributed by atoms with Crippen LogP contribution in [0.15, 0.2) is 66.7 Å². The predicted octanol–water partition coefficient (Wildman–Crippen LogP) is 3.56. The van der Waals surface area contributed by atoms with E-state index in [2.05, 4.69) is 11.9 Å². The quantitative estimate of drug-likeness (QED) is 0.501. The van der Waals surface area contributed by atoms with Crippen LogP contribution in [0.1, 0.15) is 6.92 Å². The van der Waals surface area contributed by atoms with Crippen molar-refractivity contribution in [3.8, 4) is 16.9 Å². The number of amides is 1. The highest BCUT2D eigenvalue weighted by Gasteiger charge is 2.06. The number of carbonyl (C=O) groups is 2. The lowest BCUT2D eigenvalue weighted by Crippen LogP contribution is -2.30.